The molecule has 2 nitrogen and oxygen atoms in total. The first kappa shape index (κ1) is 14.3. The number of nitrogens with zero attached hydrogens (tertiary/aromatic N) is 1. The van der Waals surface area contributed by atoms with E-state index < -0.39 is 0 Å². The molecule has 0 unspecified atom stereocenters. The van der Waals surface area contributed by atoms with Crippen molar-refractivity contribution in [3.8, 4) is 0 Å². The molecule has 1 fully saturated rings. The van der Waals surface area contributed by atoms with Gasteiger partial charge in [0.2, 0.25) is 0 Å². The lowest BCUT2D eigenvalue weighted by atomic mass is 10.2. The van der Waals surface area contributed by atoms with Crippen molar-refractivity contribution in [2.45, 2.75) is 26.3 Å². The highest BCUT2D eigenvalue weighted by Crippen LogP contribution is 2.22. The van der Waals surface area contributed by atoms with Crippen molar-refractivity contribution in [2.24, 2.45) is 0 Å². The van der Waals surface area contributed by atoms with E-state index in [1.54, 1.807) is 0 Å². The highest BCUT2D eigenvalue weighted by atomic mass is 35.5. The SMILES string of the molecule is Cc1ccc(NCc2ccc(N3CCCC3)cc2)cc1Cl. The van der Waals surface area contributed by atoms with Gasteiger partial charge in [0, 0.05) is 36.0 Å². The highest BCUT2D eigenvalue weighted by Gasteiger charge is 2.11. The molecular formula is C18H21ClN2. The molecule has 0 amide bonds. The highest BCUT2D eigenvalue weighted by molar-refractivity contribution is 6.31. The largest absolute Gasteiger partial charge is 0.381 e. The fraction of sp³-hybridized carbons (Fsp3) is 0.333. The molecule has 0 aliphatic carbocycles. The maximum Gasteiger partial charge on any atom is 0.0455 e. The summed E-state index contributed by atoms with van der Waals surface area (Å²) in [6, 6.07) is 15.0. The van der Waals surface area contributed by atoms with Gasteiger partial charge in [-0.1, -0.05) is 29.8 Å². The Balaban J connectivity index is 1.61. The minimum atomic E-state index is 0.810. The van der Waals surface area contributed by atoms with Gasteiger partial charge in [0.1, 0.15) is 0 Å². The second-order valence-corrected chi connectivity index (χ2v) is 6.09. The van der Waals surface area contributed by atoms with Crippen molar-refractivity contribution in [1.82, 2.24) is 0 Å². The van der Waals surface area contributed by atoms with Crippen LogP contribution in [0.4, 0.5) is 11.4 Å². The Morgan fingerprint density at radius 2 is 1.76 bits per heavy atom. The Bertz CT molecular complexity index is 601. The standard InChI is InChI=1S/C18H21ClN2/c1-14-4-7-16(12-18(14)19)20-13-15-5-8-17(9-6-15)21-10-2-3-11-21/h4-9,12,20H,2-3,10-11,13H2,1H3. The second kappa shape index (κ2) is 6.40. The van der Waals surface area contributed by atoms with Gasteiger partial charge in [-0.25, -0.2) is 0 Å². The van der Waals surface area contributed by atoms with Crippen LogP contribution in [0.25, 0.3) is 0 Å². The first-order chi connectivity index (χ1) is 10.2. The molecule has 1 heterocycles. The molecule has 1 aliphatic rings. The number of anilines is 2. The minimum absolute atomic E-state index is 0.810. The lowest BCUT2D eigenvalue weighted by Gasteiger charge is -2.18. The quantitative estimate of drug-likeness (QED) is 0.867. The molecule has 21 heavy (non-hydrogen) atoms. The van der Waals surface area contributed by atoms with E-state index in [1.807, 2.05) is 19.1 Å². The lowest BCUT2D eigenvalue weighted by Crippen LogP contribution is -2.17. The molecule has 2 aromatic carbocycles. The second-order valence-electron chi connectivity index (χ2n) is 5.68. The van der Waals surface area contributed by atoms with E-state index in [0.717, 1.165) is 22.8 Å². The molecule has 1 N–H and O–H groups in total. The number of benzene rings is 2. The van der Waals surface area contributed by atoms with Crippen molar-refractivity contribution in [2.75, 3.05) is 23.3 Å². The van der Waals surface area contributed by atoms with Crippen LogP contribution in [0.2, 0.25) is 5.02 Å². The summed E-state index contributed by atoms with van der Waals surface area (Å²) in [5, 5.41) is 4.23. The summed E-state index contributed by atoms with van der Waals surface area (Å²) >= 11 is 6.14. The summed E-state index contributed by atoms with van der Waals surface area (Å²) in [4.78, 5) is 2.46. The van der Waals surface area contributed by atoms with Gasteiger partial charge in [0.25, 0.3) is 0 Å². The fourth-order valence-electron chi connectivity index (χ4n) is 2.71. The van der Waals surface area contributed by atoms with Crippen LogP contribution in [0, 0.1) is 6.92 Å². The Morgan fingerprint density at radius 1 is 1.05 bits per heavy atom. The van der Waals surface area contributed by atoms with E-state index in [9.17, 15) is 0 Å². The van der Waals surface area contributed by atoms with E-state index in [2.05, 4.69) is 40.5 Å². The van der Waals surface area contributed by atoms with Crippen LogP contribution in [-0.2, 0) is 6.54 Å². The van der Waals surface area contributed by atoms with Crippen molar-refractivity contribution in [3.05, 3.63) is 58.6 Å². The molecule has 0 aromatic heterocycles. The van der Waals surface area contributed by atoms with E-state index in [4.69, 9.17) is 11.6 Å². The zero-order valence-electron chi connectivity index (χ0n) is 12.4. The molecule has 1 aliphatic heterocycles. The number of aryl methyl sites for hydroxylation is 1. The zero-order chi connectivity index (χ0) is 14.7. The van der Waals surface area contributed by atoms with Crippen LogP contribution in [0.3, 0.4) is 0 Å². The van der Waals surface area contributed by atoms with E-state index in [-0.39, 0.29) is 0 Å². The van der Waals surface area contributed by atoms with Crippen LogP contribution in [0.5, 0.6) is 0 Å². The third-order valence-corrected chi connectivity index (χ3v) is 4.48. The predicted molar refractivity (Wildman–Crippen MR) is 91.4 cm³/mol. The van der Waals surface area contributed by atoms with Crippen molar-refractivity contribution >= 4 is 23.0 Å². The molecule has 3 rings (SSSR count). The van der Waals surface area contributed by atoms with E-state index >= 15 is 0 Å². The molecule has 0 atom stereocenters. The van der Waals surface area contributed by atoms with Gasteiger partial charge < -0.3 is 10.2 Å². The minimum Gasteiger partial charge on any atom is -0.381 e. The van der Waals surface area contributed by atoms with Crippen LogP contribution >= 0.6 is 11.6 Å². The Morgan fingerprint density at radius 3 is 2.43 bits per heavy atom. The molecule has 0 saturated carbocycles. The monoisotopic (exact) mass is 300 g/mol. The van der Waals surface area contributed by atoms with Gasteiger partial charge in [0.05, 0.1) is 0 Å². The van der Waals surface area contributed by atoms with Crippen LogP contribution in [0.15, 0.2) is 42.5 Å². The molecule has 0 radical (unpaired) electrons. The average Bonchev–Trinajstić information content (AvgIpc) is 3.03. The van der Waals surface area contributed by atoms with Gasteiger partial charge in [-0.15, -0.1) is 0 Å². The summed E-state index contributed by atoms with van der Waals surface area (Å²) in [5.41, 5.74) is 4.80. The van der Waals surface area contributed by atoms with Crippen LogP contribution < -0.4 is 10.2 Å². The molecule has 3 heteroatoms. The fourth-order valence-corrected chi connectivity index (χ4v) is 2.89. The molecule has 110 valence electrons. The van der Waals surface area contributed by atoms with Gasteiger partial charge in [-0.3, -0.25) is 0 Å². The van der Waals surface area contributed by atoms with E-state index in [0.29, 0.717) is 0 Å². The summed E-state index contributed by atoms with van der Waals surface area (Å²) in [6.07, 6.45) is 2.63. The molecule has 2 aromatic rings. The predicted octanol–water partition coefficient (Wildman–Crippen LogP) is 4.86. The third kappa shape index (κ3) is 3.51. The summed E-state index contributed by atoms with van der Waals surface area (Å²) < 4.78 is 0. The van der Waals surface area contributed by atoms with Gasteiger partial charge in [0.15, 0.2) is 0 Å². The Labute approximate surface area is 131 Å². The molecule has 1 saturated heterocycles. The topological polar surface area (TPSA) is 15.3 Å². The number of hydrogen-bond acceptors (Lipinski definition) is 2. The van der Waals surface area contributed by atoms with E-state index in [1.165, 1.54) is 37.2 Å². The first-order valence-electron chi connectivity index (χ1n) is 7.56. The maximum atomic E-state index is 6.14. The Hall–Kier alpha value is -1.67. The summed E-state index contributed by atoms with van der Waals surface area (Å²) in [5.74, 6) is 0. The van der Waals surface area contributed by atoms with Crippen molar-refractivity contribution < 1.29 is 0 Å². The van der Waals surface area contributed by atoms with Gasteiger partial charge in [-0.2, -0.15) is 0 Å². The normalized spacial score (nSPS) is 14.5. The molecule has 0 bridgehead atoms. The Kier molecular flexibility index (Phi) is 4.35. The van der Waals surface area contributed by atoms with Crippen molar-refractivity contribution in [3.63, 3.8) is 0 Å². The van der Waals surface area contributed by atoms with Crippen molar-refractivity contribution in [1.29, 1.82) is 0 Å². The zero-order valence-corrected chi connectivity index (χ0v) is 13.2. The summed E-state index contributed by atoms with van der Waals surface area (Å²) in [6.45, 7) is 5.22. The smallest absolute Gasteiger partial charge is 0.0455 e. The van der Waals surface area contributed by atoms with Gasteiger partial charge >= 0.3 is 0 Å². The van der Waals surface area contributed by atoms with Crippen LogP contribution in [0.1, 0.15) is 24.0 Å². The number of halogens is 1. The number of hydrogen-bond donors (Lipinski definition) is 1. The average molecular weight is 301 g/mol. The maximum absolute atomic E-state index is 6.14. The summed E-state index contributed by atoms with van der Waals surface area (Å²) in [7, 11) is 0. The van der Waals surface area contributed by atoms with Crippen LogP contribution in [-0.4, -0.2) is 13.1 Å². The molecule has 0 spiro atoms. The third-order valence-electron chi connectivity index (χ3n) is 4.08. The molecular weight excluding hydrogens is 280 g/mol. The number of rotatable bonds is 4. The van der Waals surface area contributed by atoms with Gasteiger partial charge in [-0.05, 0) is 55.2 Å². The number of nitrogens with one attached hydrogen (secondary N) is 1. The first-order valence-corrected chi connectivity index (χ1v) is 7.94. The lowest BCUT2D eigenvalue weighted by molar-refractivity contribution is 0.949.